The average molecular weight is 432 g/mol. The van der Waals surface area contributed by atoms with E-state index in [-0.39, 0.29) is 0 Å². The normalized spacial score (nSPS) is 18.2. The number of carbonyl (C=O) groups excluding carboxylic acids is 1. The largest absolute Gasteiger partial charge is 0.422 e. The van der Waals surface area contributed by atoms with Crippen molar-refractivity contribution in [1.82, 2.24) is 0 Å². The number of carbonyl (C=O) groups is 1. The van der Waals surface area contributed by atoms with E-state index in [0.29, 0.717) is 22.8 Å². The Bertz CT molecular complexity index is 902. The maximum atomic E-state index is 12.6. The van der Waals surface area contributed by atoms with E-state index >= 15 is 0 Å². The Morgan fingerprint density at radius 1 is 0.969 bits per heavy atom. The molecule has 0 N–H and O–H groups in total. The van der Waals surface area contributed by atoms with Crippen molar-refractivity contribution in [2.24, 2.45) is 5.92 Å². The highest BCUT2D eigenvalue weighted by atomic mass is 16.5. The van der Waals surface area contributed by atoms with Crippen LogP contribution in [0.5, 0.6) is 5.75 Å². The summed E-state index contributed by atoms with van der Waals surface area (Å²) in [6.45, 7) is 4.37. The van der Waals surface area contributed by atoms with E-state index in [2.05, 4.69) is 32.0 Å². The summed E-state index contributed by atoms with van der Waals surface area (Å²) in [5.41, 5.74) is 3.35. The molecule has 3 rings (SSSR count). The van der Waals surface area contributed by atoms with Gasteiger partial charge in [0.05, 0.1) is 11.1 Å². The van der Waals surface area contributed by atoms with E-state index in [4.69, 9.17) is 4.74 Å². The summed E-state index contributed by atoms with van der Waals surface area (Å²) in [4.78, 5) is 12.6. The fourth-order valence-corrected chi connectivity index (χ4v) is 4.89. The lowest BCUT2D eigenvalue weighted by Gasteiger charge is -2.29. The number of nitrogens with zero attached hydrogens (tertiary/aromatic N) is 1. The van der Waals surface area contributed by atoms with Gasteiger partial charge in [-0.05, 0) is 79.3 Å². The van der Waals surface area contributed by atoms with Crippen molar-refractivity contribution >= 4 is 5.97 Å². The zero-order chi connectivity index (χ0) is 22.8. The molecule has 1 fully saturated rings. The van der Waals surface area contributed by atoms with Crippen LogP contribution in [0.3, 0.4) is 0 Å². The minimum absolute atomic E-state index is 0.332. The number of unbranched alkanes of at least 4 members (excludes halogenated alkanes) is 3. The zero-order valence-electron chi connectivity index (χ0n) is 19.7. The molecule has 0 radical (unpaired) electrons. The number of nitriles is 1. The van der Waals surface area contributed by atoms with Gasteiger partial charge in [-0.3, -0.25) is 0 Å². The highest BCUT2D eigenvalue weighted by molar-refractivity contribution is 5.91. The highest BCUT2D eigenvalue weighted by Crippen LogP contribution is 2.38. The Labute approximate surface area is 193 Å². The second-order valence-electron chi connectivity index (χ2n) is 9.27. The summed E-state index contributed by atoms with van der Waals surface area (Å²) < 4.78 is 5.55. The highest BCUT2D eigenvalue weighted by Gasteiger charge is 2.22. The summed E-state index contributed by atoms with van der Waals surface area (Å²) in [7, 11) is 0. The van der Waals surface area contributed by atoms with Crippen LogP contribution in [0, 0.1) is 17.2 Å². The van der Waals surface area contributed by atoms with Crippen LogP contribution in [0.15, 0.2) is 42.5 Å². The van der Waals surface area contributed by atoms with Gasteiger partial charge in [0.25, 0.3) is 0 Å². The summed E-state index contributed by atoms with van der Waals surface area (Å²) in [6, 6.07) is 15.5. The first-order valence-electron chi connectivity index (χ1n) is 12.5. The fourth-order valence-electron chi connectivity index (χ4n) is 4.89. The van der Waals surface area contributed by atoms with Gasteiger partial charge in [0.15, 0.2) is 0 Å². The van der Waals surface area contributed by atoms with Crippen molar-refractivity contribution in [3.05, 3.63) is 64.7 Å². The Morgan fingerprint density at radius 2 is 1.72 bits per heavy atom. The van der Waals surface area contributed by atoms with Crippen LogP contribution in [0.1, 0.15) is 111 Å². The van der Waals surface area contributed by atoms with Gasteiger partial charge < -0.3 is 4.74 Å². The van der Waals surface area contributed by atoms with Crippen molar-refractivity contribution in [2.75, 3.05) is 0 Å². The molecule has 1 aliphatic carbocycles. The van der Waals surface area contributed by atoms with Crippen molar-refractivity contribution in [1.29, 1.82) is 5.26 Å². The molecule has 0 spiro atoms. The number of benzene rings is 2. The Kier molecular flexibility index (Phi) is 9.35. The van der Waals surface area contributed by atoms with E-state index in [1.54, 1.807) is 6.07 Å². The third-order valence-electron chi connectivity index (χ3n) is 6.84. The summed E-state index contributed by atoms with van der Waals surface area (Å²) in [5, 5.41) is 9.42. The molecule has 0 bridgehead atoms. The molecule has 0 amide bonds. The second-order valence-corrected chi connectivity index (χ2v) is 9.27. The quantitative estimate of drug-likeness (QED) is 0.218. The van der Waals surface area contributed by atoms with Gasteiger partial charge in [-0.25, -0.2) is 4.79 Å². The number of hydrogen-bond donors (Lipinski definition) is 0. The number of ether oxygens (including phenoxy) is 1. The molecule has 0 unspecified atom stereocenters. The first kappa shape index (κ1) is 24.1. The minimum atomic E-state index is -0.410. The van der Waals surface area contributed by atoms with Crippen LogP contribution in [0.4, 0.5) is 0 Å². The van der Waals surface area contributed by atoms with Gasteiger partial charge in [-0.15, -0.1) is 0 Å². The number of rotatable bonds is 10. The zero-order valence-corrected chi connectivity index (χ0v) is 19.7. The minimum Gasteiger partial charge on any atom is -0.422 e. The number of esters is 1. The number of hydrogen-bond acceptors (Lipinski definition) is 3. The molecule has 2 aromatic carbocycles. The van der Waals surface area contributed by atoms with Gasteiger partial charge in [0, 0.05) is 0 Å². The lowest BCUT2D eigenvalue weighted by Crippen LogP contribution is -2.14. The van der Waals surface area contributed by atoms with Crippen LogP contribution in [-0.4, -0.2) is 5.97 Å². The van der Waals surface area contributed by atoms with E-state index in [9.17, 15) is 10.1 Å². The third-order valence-corrected chi connectivity index (χ3v) is 6.84. The first-order chi connectivity index (χ1) is 15.6. The molecular formula is C29H37NO2. The van der Waals surface area contributed by atoms with Crippen LogP contribution >= 0.6 is 0 Å². The van der Waals surface area contributed by atoms with Crippen LogP contribution in [-0.2, 0) is 6.42 Å². The second kappa shape index (κ2) is 12.4. The topological polar surface area (TPSA) is 50.1 Å². The predicted molar refractivity (Wildman–Crippen MR) is 130 cm³/mol. The van der Waals surface area contributed by atoms with Gasteiger partial charge in [0.1, 0.15) is 11.8 Å². The molecule has 0 aliphatic heterocycles. The van der Waals surface area contributed by atoms with E-state index in [1.807, 2.05) is 24.3 Å². The van der Waals surface area contributed by atoms with Crippen LogP contribution in [0.25, 0.3) is 0 Å². The van der Waals surface area contributed by atoms with Crippen molar-refractivity contribution in [2.45, 2.75) is 90.4 Å². The fraction of sp³-hybridized carbons (Fsp3) is 0.517. The standard InChI is InChI=1S/C29H37NO2/c1-3-5-6-7-9-22-10-13-24(14-11-22)25-15-17-26(18-16-25)29(31)32-28-19-12-23(8-4-2)20-27(28)21-30/h12,15-20,22,24H,3-11,13-14H2,1-2H3. The lowest BCUT2D eigenvalue weighted by atomic mass is 9.77. The first-order valence-corrected chi connectivity index (χ1v) is 12.5. The summed E-state index contributed by atoms with van der Waals surface area (Å²) in [6.07, 6.45) is 13.9. The SMILES string of the molecule is CCCCCCC1CCC(c2ccc(C(=O)Oc3ccc(CCC)cc3C#N)cc2)CC1. The maximum Gasteiger partial charge on any atom is 0.343 e. The summed E-state index contributed by atoms with van der Waals surface area (Å²) in [5.74, 6) is 1.42. The molecule has 2 aromatic rings. The average Bonchev–Trinajstić information content (AvgIpc) is 2.83. The van der Waals surface area contributed by atoms with E-state index in [0.717, 1.165) is 24.3 Å². The van der Waals surface area contributed by atoms with E-state index in [1.165, 1.54) is 63.4 Å². The monoisotopic (exact) mass is 431 g/mol. The molecule has 0 aromatic heterocycles. The van der Waals surface area contributed by atoms with Gasteiger partial charge in [0.2, 0.25) is 0 Å². The molecule has 3 heteroatoms. The molecule has 3 nitrogen and oxygen atoms in total. The molecule has 32 heavy (non-hydrogen) atoms. The Balaban J connectivity index is 1.54. The van der Waals surface area contributed by atoms with E-state index < -0.39 is 5.97 Å². The molecule has 0 atom stereocenters. The molecule has 0 heterocycles. The molecule has 1 saturated carbocycles. The van der Waals surface area contributed by atoms with Gasteiger partial charge in [-0.2, -0.15) is 5.26 Å². The smallest absolute Gasteiger partial charge is 0.343 e. The van der Waals surface area contributed by atoms with Crippen molar-refractivity contribution in [3.8, 4) is 11.8 Å². The van der Waals surface area contributed by atoms with Crippen molar-refractivity contribution in [3.63, 3.8) is 0 Å². The third kappa shape index (κ3) is 6.70. The predicted octanol–water partition coefficient (Wildman–Crippen LogP) is 7.97. The molecule has 0 saturated heterocycles. The van der Waals surface area contributed by atoms with Crippen LogP contribution in [0.2, 0.25) is 0 Å². The lowest BCUT2D eigenvalue weighted by molar-refractivity contribution is 0.0734. The maximum absolute atomic E-state index is 12.6. The van der Waals surface area contributed by atoms with Crippen molar-refractivity contribution < 1.29 is 9.53 Å². The molecule has 1 aliphatic rings. The molecular weight excluding hydrogens is 394 g/mol. The Morgan fingerprint density at radius 3 is 2.38 bits per heavy atom. The summed E-state index contributed by atoms with van der Waals surface area (Å²) >= 11 is 0. The number of aryl methyl sites for hydroxylation is 1. The Hall–Kier alpha value is -2.60. The van der Waals surface area contributed by atoms with Gasteiger partial charge >= 0.3 is 5.97 Å². The van der Waals surface area contributed by atoms with Crippen LogP contribution < -0.4 is 4.74 Å². The van der Waals surface area contributed by atoms with Gasteiger partial charge in [-0.1, -0.05) is 70.6 Å². The molecule has 170 valence electrons.